The molecule has 2 nitrogen and oxygen atoms in total. The Morgan fingerprint density at radius 3 is 2.93 bits per heavy atom. The first-order valence-corrected chi connectivity index (χ1v) is 6.74. The minimum Gasteiger partial charge on any atom is -0.314 e. The zero-order valence-electron chi connectivity index (χ0n) is 9.62. The van der Waals surface area contributed by atoms with Gasteiger partial charge in [-0.3, -0.25) is 0 Å². The van der Waals surface area contributed by atoms with Gasteiger partial charge in [-0.2, -0.15) is 0 Å². The third-order valence-corrected chi connectivity index (χ3v) is 3.94. The second kappa shape index (κ2) is 5.08. The normalized spacial score (nSPS) is 18.0. The molecule has 1 aliphatic rings. The van der Waals surface area contributed by atoms with Crippen LogP contribution in [0.1, 0.15) is 36.1 Å². The summed E-state index contributed by atoms with van der Waals surface area (Å²) in [5, 5.41) is 4.81. The maximum absolute atomic E-state index is 4.31. The molecule has 0 aromatic carbocycles. The molecule has 1 saturated carbocycles. The first-order valence-electron chi connectivity index (χ1n) is 5.92. The van der Waals surface area contributed by atoms with Crippen molar-refractivity contribution in [3.8, 4) is 0 Å². The molecule has 1 heterocycles. The first-order chi connectivity index (χ1) is 7.28. The summed E-state index contributed by atoms with van der Waals surface area (Å²) < 4.78 is 0. The topological polar surface area (TPSA) is 24.9 Å². The second-order valence-electron chi connectivity index (χ2n) is 4.51. The molecule has 2 rings (SSSR count). The lowest BCUT2D eigenvalue weighted by Crippen LogP contribution is -2.25. The quantitative estimate of drug-likeness (QED) is 0.803. The van der Waals surface area contributed by atoms with E-state index in [9.17, 15) is 0 Å². The van der Waals surface area contributed by atoms with Crippen LogP contribution < -0.4 is 5.32 Å². The lowest BCUT2D eigenvalue weighted by molar-refractivity contribution is 0.461. The van der Waals surface area contributed by atoms with Crippen LogP contribution in [0.5, 0.6) is 0 Å². The largest absolute Gasteiger partial charge is 0.314 e. The Kier molecular flexibility index (Phi) is 3.76. The third kappa shape index (κ3) is 3.58. The van der Waals surface area contributed by atoms with Gasteiger partial charge in [-0.25, -0.2) is 4.98 Å². The molecule has 0 aliphatic heterocycles. The minimum atomic E-state index is 0.783. The summed E-state index contributed by atoms with van der Waals surface area (Å²) in [6, 6.07) is 0.835. The van der Waals surface area contributed by atoms with Crippen molar-refractivity contribution in [2.24, 2.45) is 5.92 Å². The van der Waals surface area contributed by atoms with E-state index in [1.165, 1.54) is 42.1 Å². The Balaban J connectivity index is 1.78. The number of aromatic nitrogens is 1. The fourth-order valence-corrected chi connectivity index (χ4v) is 2.68. The standard InChI is InChI=1S/C12H20N2S/c1-3-10(7-14-11-4-5-11)6-12-8-13-9(2)15-12/h8,10-11,14H,3-7H2,1-2H3. The van der Waals surface area contributed by atoms with Gasteiger partial charge in [-0.15, -0.1) is 11.3 Å². The highest BCUT2D eigenvalue weighted by Crippen LogP contribution is 2.21. The molecule has 1 aromatic heterocycles. The predicted octanol–water partition coefficient (Wildman–Crippen LogP) is 2.77. The van der Waals surface area contributed by atoms with Gasteiger partial charge in [0.1, 0.15) is 0 Å². The Labute approximate surface area is 96.1 Å². The molecule has 1 fully saturated rings. The van der Waals surface area contributed by atoms with Gasteiger partial charge in [0.25, 0.3) is 0 Å². The van der Waals surface area contributed by atoms with Crippen molar-refractivity contribution in [1.29, 1.82) is 0 Å². The van der Waals surface area contributed by atoms with Crippen LogP contribution in [-0.4, -0.2) is 17.6 Å². The summed E-state index contributed by atoms with van der Waals surface area (Å²) in [6.45, 7) is 5.54. The smallest absolute Gasteiger partial charge is 0.0896 e. The van der Waals surface area contributed by atoms with Crippen LogP contribution in [0.3, 0.4) is 0 Å². The van der Waals surface area contributed by atoms with Crippen LogP contribution in [0.2, 0.25) is 0 Å². The molecule has 0 amide bonds. The summed E-state index contributed by atoms with van der Waals surface area (Å²) in [5.41, 5.74) is 0. The van der Waals surface area contributed by atoms with Crippen LogP contribution >= 0.6 is 11.3 Å². The maximum Gasteiger partial charge on any atom is 0.0896 e. The highest BCUT2D eigenvalue weighted by Gasteiger charge is 2.21. The highest BCUT2D eigenvalue weighted by molar-refractivity contribution is 7.11. The summed E-state index contributed by atoms with van der Waals surface area (Å²) >= 11 is 1.84. The van der Waals surface area contributed by atoms with E-state index >= 15 is 0 Å². The van der Waals surface area contributed by atoms with Gasteiger partial charge in [0.05, 0.1) is 5.01 Å². The van der Waals surface area contributed by atoms with Gasteiger partial charge in [0, 0.05) is 17.1 Å². The average molecular weight is 224 g/mol. The van der Waals surface area contributed by atoms with E-state index in [-0.39, 0.29) is 0 Å². The lowest BCUT2D eigenvalue weighted by Gasteiger charge is -2.14. The van der Waals surface area contributed by atoms with Crippen LogP contribution in [0, 0.1) is 12.8 Å². The fraction of sp³-hybridized carbons (Fsp3) is 0.750. The molecule has 1 N–H and O–H groups in total. The maximum atomic E-state index is 4.31. The summed E-state index contributed by atoms with van der Waals surface area (Å²) in [4.78, 5) is 5.75. The molecule has 1 atom stereocenters. The van der Waals surface area contributed by atoms with Crippen molar-refractivity contribution in [2.45, 2.75) is 45.6 Å². The molecule has 0 saturated heterocycles. The zero-order chi connectivity index (χ0) is 10.7. The summed E-state index contributed by atoms with van der Waals surface area (Å²) in [6.07, 6.45) is 7.27. The Morgan fingerprint density at radius 1 is 1.60 bits per heavy atom. The average Bonchev–Trinajstić information content (AvgIpc) is 2.97. The van der Waals surface area contributed by atoms with Crippen LogP contribution in [0.15, 0.2) is 6.20 Å². The van der Waals surface area contributed by atoms with E-state index in [2.05, 4.69) is 24.1 Å². The predicted molar refractivity (Wildman–Crippen MR) is 65.4 cm³/mol. The molecule has 1 aliphatic carbocycles. The number of hydrogen-bond acceptors (Lipinski definition) is 3. The van der Waals surface area contributed by atoms with Gasteiger partial charge >= 0.3 is 0 Å². The van der Waals surface area contributed by atoms with Gasteiger partial charge in [-0.05, 0) is 38.6 Å². The SMILES string of the molecule is CCC(CNC1CC1)Cc1cnc(C)s1. The number of nitrogens with one attached hydrogen (secondary N) is 1. The molecular formula is C12H20N2S. The van der Waals surface area contributed by atoms with Crippen molar-refractivity contribution in [3.05, 3.63) is 16.1 Å². The first kappa shape index (κ1) is 11.1. The van der Waals surface area contributed by atoms with Crippen molar-refractivity contribution >= 4 is 11.3 Å². The molecule has 15 heavy (non-hydrogen) atoms. The zero-order valence-corrected chi connectivity index (χ0v) is 10.4. The Hall–Kier alpha value is -0.410. The fourth-order valence-electron chi connectivity index (χ4n) is 1.77. The number of rotatable bonds is 6. The molecule has 0 spiro atoms. The third-order valence-electron chi connectivity index (χ3n) is 3.01. The van der Waals surface area contributed by atoms with Crippen LogP contribution in [0.25, 0.3) is 0 Å². The van der Waals surface area contributed by atoms with Crippen molar-refractivity contribution in [3.63, 3.8) is 0 Å². The van der Waals surface area contributed by atoms with E-state index in [1.807, 2.05) is 17.5 Å². The van der Waals surface area contributed by atoms with Gasteiger partial charge in [0.15, 0.2) is 0 Å². The number of thiazole rings is 1. The molecule has 1 aromatic rings. The minimum absolute atomic E-state index is 0.783. The van der Waals surface area contributed by atoms with Gasteiger partial charge in [0.2, 0.25) is 0 Å². The molecule has 84 valence electrons. The van der Waals surface area contributed by atoms with Crippen molar-refractivity contribution in [1.82, 2.24) is 10.3 Å². The van der Waals surface area contributed by atoms with Gasteiger partial charge in [-0.1, -0.05) is 13.3 Å². The van der Waals surface area contributed by atoms with Crippen molar-refractivity contribution < 1.29 is 0 Å². The monoisotopic (exact) mass is 224 g/mol. The number of aryl methyl sites for hydroxylation is 1. The molecule has 3 heteroatoms. The number of nitrogens with zero attached hydrogens (tertiary/aromatic N) is 1. The summed E-state index contributed by atoms with van der Waals surface area (Å²) in [5.74, 6) is 0.783. The second-order valence-corrected chi connectivity index (χ2v) is 5.83. The number of hydrogen-bond donors (Lipinski definition) is 1. The highest BCUT2D eigenvalue weighted by atomic mass is 32.1. The van der Waals surface area contributed by atoms with Crippen LogP contribution in [-0.2, 0) is 6.42 Å². The van der Waals surface area contributed by atoms with E-state index in [0.717, 1.165) is 12.0 Å². The van der Waals surface area contributed by atoms with E-state index in [0.29, 0.717) is 0 Å². The molecule has 0 radical (unpaired) electrons. The van der Waals surface area contributed by atoms with Crippen molar-refractivity contribution in [2.75, 3.05) is 6.54 Å². The summed E-state index contributed by atoms with van der Waals surface area (Å²) in [7, 11) is 0. The Morgan fingerprint density at radius 2 is 2.40 bits per heavy atom. The van der Waals surface area contributed by atoms with Crippen LogP contribution in [0.4, 0.5) is 0 Å². The van der Waals surface area contributed by atoms with E-state index in [1.54, 1.807) is 0 Å². The lowest BCUT2D eigenvalue weighted by atomic mass is 10.0. The molecular weight excluding hydrogens is 204 g/mol. The van der Waals surface area contributed by atoms with E-state index < -0.39 is 0 Å². The van der Waals surface area contributed by atoms with Gasteiger partial charge < -0.3 is 5.32 Å². The Bertz CT molecular complexity index is 304. The molecule has 1 unspecified atom stereocenters. The van der Waals surface area contributed by atoms with E-state index in [4.69, 9.17) is 0 Å². The molecule has 0 bridgehead atoms.